The number of nitrogens with one attached hydrogen (secondary N) is 3. The smallest absolute Gasteiger partial charge is 0.275 e. The number of alkyl halides is 1. The van der Waals surface area contributed by atoms with Gasteiger partial charge in [0.2, 0.25) is 0 Å². The Labute approximate surface area is 142 Å². The molecule has 0 aliphatic carbocycles. The predicted octanol–water partition coefficient (Wildman–Crippen LogP) is 2.46. The number of anilines is 1. The van der Waals surface area contributed by atoms with Gasteiger partial charge in [0.15, 0.2) is 0 Å². The number of hydrogen-bond acceptors (Lipinski definition) is 4. The Morgan fingerprint density at radius 3 is 2.83 bits per heavy atom. The van der Waals surface area contributed by atoms with E-state index in [1.165, 1.54) is 24.6 Å². The van der Waals surface area contributed by atoms with Crippen LogP contribution in [0.5, 0.6) is 0 Å². The minimum absolute atomic E-state index is 0.262. The average Bonchev–Trinajstić information content (AvgIpc) is 2.60. The van der Waals surface area contributed by atoms with Crippen LogP contribution in [0.25, 0.3) is 0 Å². The second-order valence-corrected chi connectivity index (χ2v) is 5.71. The van der Waals surface area contributed by atoms with E-state index in [9.17, 15) is 4.79 Å². The predicted molar refractivity (Wildman–Crippen MR) is 96.3 cm³/mol. The molecule has 5 nitrogen and oxygen atoms in total. The molecule has 1 saturated heterocycles. The van der Waals surface area contributed by atoms with E-state index in [1.807, 2.05) is 12.1 Å². The van der Waals surface area contributed by atoms with Crippen LogP contribution < -0.4 is 16.0 Å². The fourth-order valence-corrected chi connectivity index (χ4v) is 2.67. The highest BCUT2D eigenvalue weighted by Gasteiger charge is 2.15. The molecule has 3 N–H and O–H groups in total. The summed E-state index contributed by atoms with van der Waals surface area (Å²) in [6, 6.07) is 8.03. The van der Waals surface area contributed by atoms with E-state index in [4.69, 9.17) is 11.6 Å². The van der Waals surface area contributed by atoms with E-state index in [2.05, 4.69) is 33.1 Å². The molecule has 0 saturated carbocycles. The number of amides is 1. The Hall–Kier alpha value is -1.85. The van der Waals surface area contributed by atoms with Gasteiger partial charge >= 0.3 is 0 Å². The molecule has 2 rings (SSSR count). The van der Waals surface area contributed by atoms with Crippen LogP contribution in [0.4, 0.5) is 5.69 Å². The van der Waals surface area contributed by atoms with Crippen molar-refractivity contribution in [2.75, 3.05) is 31.3 Å². The molecule has 1 aliphatic rings. The van der Waals surface area contributed by atoms with Gasteiger partial charge in [0.25, 0.3) is 5.91 Å². The zero-order valence-electron chi connectivity index (χ0n) is 13.3. The maximum absolute atomic E-state index is 12.2. The van der Waals surface area contributed by atoms with E-state index in [1.54, 1.807) is 13.2 Å². The lowest BCUT2D eigenvalue weighted by Gasteiger charge is -2.23. The highest BCUT2D eigenvalue weighted by molar-refractivity contribution is 6.25. The number of benzene rings is 1. The summed E-state index contributed by atoms with van der Waals surface area (Å²) in [6.07, 6.45) is 5.45. The van der Waals surface area contributed by atoms with Crippen molar-refractivity contribution in [3.8, 4) is 0 Å². The summed E-state index contributed by atoms with van der Waals surface area (Å²) >= 11 is 5.57. The molecule has 0 radical (unpaired) electrons. The molecule has 0 spiro atoms. The third-order valence-electron chi connectivity index (χ3n) is 3.75. The zero-order chi connectivity index (χ0) is 16.5. The van der Waals surface area contributed by atoms with E-state index >= 15 is 0 Å². The first-order valence-electron chi connectivity index (χ1n) is 7.82. The van der Waals surface area contributed by atoms with Crippen molar-refractivity contribution in [3.05, 3.63) is 41.7 Å². The molecule has 1 aromatic carbocycles. The van der Waals surface area contributed by atoms with Gasteiger partial charge in [-0.1, -0.05) is 12.1 Å². The summed E-state index contributed by atoms with van der Waals surface area (Å²) in [7, 11) is 1.72. The lowest BCUT2D eigenvalue weighted by atomic mass is 9.92. The molecule has 6 heteroatoms. The Balaban J connectivity index is 2.00. The maximum Gasteiger partial charge on any atom is 0.275 e. The summed E-state index contributed by atoms with van der Waals surface area (Å²) in [4.78, 5) is 16.2. The fraction of sp³-hybridized carbons (Fsp3) is 0.412. The summed E-state index contributed by atoms with van der Waals surface area (Å²) in [5, 5.41) is 9.07. The lowest BCUT2D eigenvalue weighted by molar-refractivity contribution is -0.112. The summed E-state index contributed by atoms with van der Waals surface area (Å²) in [5.74, 6) is 0.549. The molecule has 0 aromatic heterocycles. The van der Waals surface area contributed by atoms with E-state index in [-0.39, 0.29) is 17.5 Å². The normalized spacial score (nSPS) is 18.9. The summed E-state index contributed by atoms with van der Waals surface area (Å²) in [5.41, 5.74) is 2.35. The van der Waals surface area contributed by atoms with Crippen LogP contribution in [0.15, 0.2) is 41.2 Å². The van der Waals surface area contributed by atoms with Crippen molar-refractivity contribution < 1.29 is 4.79 Å². The van der Waals surface area contributed by atoms with Crippen LogP contribution >= 0.6 is 11.6 Å². The fourth-order valence-electron chi connectivity index (χ4n) is 2.60. The number of carbonyl (C=O) groups excluding carboxylic acids is 1. The first kappa shape index (κ1) is 17.5. The maximum atomic E-state index is 12.2. The van der Waals surface area contributed by atoms with Crippen LogP contribution in [0.1, 0.15) is 24.3 Å². The molecule has 0 unspecified atom stereocenters. The van der Waals surface area contributed by atoms with E-state index in [0.717, 1.165) is 18.8 Å². The van der Waals surface area contributed by atoms with Crippen LogP contribution in [0.2, 0.25) is 0 Å². The topological polar surface area (TPSA) is 65.5 Å². The second-order valence-electron chi connectivity index (χ2n) is 5.40. The molecule has 1 atom stereocenters. The Kier molecular flexibility index (Phi) is 7.10. The first-order chi connectivity index (χ1) is 11.2. The van der Waals surface area contributed by atoms with Crippen molar-refractivity contribution in [1.29, 1.82) is 0 Å². The van der Waals surface area contributed by atoms with Gasteiger partial charge in [-0.2, -0.15) is 0 Å². The van der Waals surface area contributed by atoms with E-state index in [0.29, 0.717) is 5.92 Å². The SMILES string of the molecule is CN/C=C(\N=CCCl)C(=O)Nc1ccc([C@@H]2CCCNC2)cc1. The zero-order valence-corrected chi connectivity index (χ0v) is 14.1. The van der Waals surface area contributed by atoms with Crippen molar-refractivity contribution in [1.82, 2.24) is 10.6 Å². The molecule has 1 aromatic rings. The molecule has 1 amide bonds. The van der Waals surface area contributed by atoms with E-state index < -0.39 is 0 Å². The average molecular weight is 335 g/mol. The third kappa shape index (κ3) is 5.37. The van der Waals surface area contributed by atoms with Gasteiger partial charge in [-0.25, -0.2) is 0 Å². The number of rotatable bonds is 6. The van der Waals surface area contributed by atoms with Crippen LogP contribution in [0, 0.1) is 0 Å². The Morgan fingerprint density at radius 2 is 2.22 bits per heavy atom. The molecule has 124 valence electrons. The molecule has 23 heavy (non-hydrogen) atoms. The standard InChI is InChI=1S/C17H23ClN4O/c1-19-12-16(21-10-8-18)17(23)22-15-6-4-13(5-7-15)14-3-2-9-20-11-14/h4-7,10,12,14,19-20H,2-3,8-9,11H2,1H3,(H,22,23)/b16-12-,21-10?/t14-/m1/s1. The van der Waals surface area contributed by atoms with Crippen LogP contribution in [-0.4, -0.2) is 38.1 Å². The summed E-state index contributed by atoms with van der Waals surface area (Å²) < 4.78 is 0. The van der Waals surface area contributed by atoms with Gasteiger partial charge in [0, 0.05) is 31.7 Å². The first-order valence-corrected chi connectivity index (χ1v) is 8.36. The molecule has 1 fully saturated rings. The summed E-state index contributed by atoms with van der Waals surface area (Å²) in [6.45, 7) is 2.13. The molecule has 0 bridgehead atoms. The molecule has 1 heterocycles. The van der Waals surface area contributed by atoms with Gasteiger partial charge in [0.1, 0.15) is 5.70 Å². The van der Waals surface area contributed by atoms with Gasteiger partial charge in [-0.3, -0.25) is 9.79 Å². The Bertz CT molecular complexity index is 562. The highest BCUT2D eigenvalue weighted by atomic mass is 35.5. The minimum atomic E-state index is -0.271. The minimum Gasteiger partial charge on any atom is -0.392 e. The van der Waals surface area contributed by atoms with Gasteiger partial charge in [-0.15, -0.1) is 11.6 Å². The van der Waals surface area contributed by atoms with Gasteiger partial charge in [0.05, 0.1) is 5.88 Å². The lowest BCUT2D eigenvalue weighted by Crippen LogP contribution is -2.28. The van der Waals surface area contributed by atoms with Crippen LogP contribution in [-0.2, 0) is 4.79 Å². The highest BCUT2D eigenvalue weighted by Crippen LogP contribution is 2.24. The van der Waals surface area contributed by atoms with Crippen molar-refractivity contribution in [3.63, 3.8) is 0 Å². The number of carbonyl (C=O) groups is 1. The van der Waals surface area contributed by atoms with Gasteiger partial charge in [-0.05, 0) is 43.0 Å². The van der Waals surface area contributed by atoms with Gasteiger partial charge < -0.3 is 16.0 Å². The third-order valence-corrected chi connectivity index (χ3v) is 3.89. The number of nitrogens with zero attached hydrogens (tertiary/aromatic N) is 1. The second kappa shape index (κ2) is 9.33. The van der Waals surface area contributed by atoms with Crippen molar-refractivity contribution >= 4 is 29.4 Å². The number of hydrogen-bond donors (Lipinski definition) is 3. The van der Waals surface area contributed by atoms with Crippen molar-refractivity contribution in [2.45, 2.75) is 18.8 Å². The van der Waals surface area contributed by atoms with Crippen molar-refractivity contribution in [2.24, 2.45) is 4.99 Å². The Morgan fingerprint density at radius 1 is 1.43 bits per heavy atom. The molecular weight excluding hydrogens is 312 g/mol. The quantitative estimate of drug-likeness (QED) is 0.425. The monoisotopic (exact) mass is 334 g/mol. The largest absolute Gasteiger partial charge is 0.392 e. The number of halogens is 1. The molecule has 1 aliphatic heterocycles. The molecular formula is C17H23ClN4O. The number of piperidine rings is 1. The number of aliphatic imine (C=N–C) groups is 1. The van der Waals surface area contributed by atoms with Crippen LogP contribution in [0.3, 0.4) is 0 Å².